The molecule has 0 bridgehead atoms. The van der Waals surface area contributed by atoms with E-state index in [0.717, 1.165) is 111 Å². The van der Waals surface area contributed by atoms with Crippen LogP contribution in [0.25, 0.3) is 117 Å². The number of rotatable bonds is 7. The van der Waals surface area contributed by atoms with Crippen molar-refractivity contribution in [3.05, 3.63) is 218 Å². The lowest BCUT2D eigenvalue weighted by molar-refractivity contribution is 0.669. The van der Waals surface area contributed by atoms with Gasteiger partial charge in [-0.25, -0.2) is 14.5 Å². The molecule has 0 N–H and O–H groups in total. The van der Waals surface area contributed by atoms with Gasteiger partial charge >= 0.3 is 0 Å². The Bertz CT molecular complexity index is 3610. The largest absolute Gasteiger partial charge is 0.456 e. The lowest BCUT2D eigenvalue weighted by Gasteiger charge is -2.12. The zero-order valence-electron chi connectivity index (χ0n) is 33.5. The van der Waals surface area contributed by atoms with Gasteiger partial charge in [-0.1, -0.05) is 182 Å². The number of hydrogen-bond donors (Lipinski definition) is 0. The maximum Gasteiger partial charge on any atom is 0.160 e. The average molecular weight is 793 g/mol. The summed E-state index contributed by atoms with van der Waals surface area (Å²) in [7, 11) is 0. The molecular weight excluding hydrogens is 757 g/mol. The summed E-state index contributed by atoms with van der Waals surface area (Å²) in [5, 5.41) is 9.95. The van der Waals surface area contributed by atoms with Crippen LogP contribution in [0.1, 0.15) is 0 Å². The van der Waals surface area contributed by atoms with Gasteiger partial charge < -0.3 is 4.42 Å². The first kappa shape index (κ1) is 35.5. The summed E-state index contributed by atoms with van der Waals surface area (Å²) in [6, 6.07) is 76.2. The molecule has 0 unspecified atom stereocenters. The van der Waals surface area contributed by atoms with Crippen LogP contribution in [-0.4, -0.2) is 19.6 Å². The average Bonchev–Trinajstić information content (AvgIpc) is 3.94. The molecule has 4 heterocycles. The van der Waals surface area contributed by atoms with Gasteiger partial charge in [-0.05, 0) is 58.5 Å². The van der Waals surface area contributed by atoms with E-state index in [2.05, 4.69) is 199 Å². The highest BCUT2D eigenvalue weighted by atomic mass is 16.3. The molecule has 4 aromatic heterocycles. The van der Waals surface area contributed by atoms with E-state index in [1.54, 1.807) is 0 Å². The Morgan fingerprint density at radius 3 is 1.68 bits per heavy atom. The third-order valence-corrected chi connectivity index (χ3v) is 11.8. The molecule has 0 aliphatic carbocycles. The SMILES string of the molecule is c1ccc(-c2cc(-c3ccc(-c4ccc5oc6ccccc6c5c4)cc3)nc(-c3cccc(-c4c(-c5ccccc5)nn5c(-c6ccccc6)cc6ccccc6c45)c3)n2)cc1. The van der Waals surface area contributed by atoms with Gasteiger partial charge in [0, 0.05) is 49.5 Å². The van der Waals surface area contributed by atoms with Gasteiger partial charge in [-0.2, -0.15) is 5.10 Å². The lowest BCUT2D eigenvalue weighted by Crippen LogP contribution is -1.96. The standard InChI is InChI=1S/C57H36N4O/c1-4-15-38(16-5-1)49-36-50(39-29-27-37(28-30-39)42-31-32-53-48(34-42)47-25-12-13-26-52(47)62-53)59-57(58-49)45-23-14-22-44(33-45)54-55(41-19-8-3-9-20-41)60-61-51(40-17-6-2-7-18-40)35-43-21-10-11-24-46(43)56(54)61/h1-36H. The first-order valence-electron chi connectivity index (χ1n) is 20.8. The quantitative estimate of drug-likeness (QED) is 0.161. The Kier molecular flexibility index (Phi) is 8.42. The van der Waals surface area contributed by atoms with Gasteiger partial charge in [0.25, 0.3) is 0 Å². The molecule has 8 aromatic carbocycles. The van der Waals surface area contributed by atoms with Crippen molar-refractivity contribution in [1.82, 2.24) is 19.6 Å². The van der Waals surface area contributed by atoms with Crippen LogP contribution in [0.15, 0.2) is 223 Å². The van der Waals surface area contributed by atoms with Crippen LogP contribution in [0, 0.1) is 0 Å². The molecule has 0 atom stereocenters. The van der Waals surface area contributed by atoms with Gasteiger partial charge in [0.15, 0.2) is 5.82 Å². The second-order valence-corrected chi connectivity index (χ2v) is 15.6. The minimum atomic E-state index is 0.650. The van der Waals surface area contributed by atoms with Crippen LogP contribution in [0.3, 0.4) is 0 Å². The Morgan fingerprint density at radius 1 is 0.355 bits per heavy atom. The molecule has 5 heteroatoms. The number of para-hydroxylation sites is 1. The van der Waals surface area contributed by atoms with Gasteiger partial charge in [0.1, 0.15) is 16.9 Å². The predicted molar refractivity (Wildman–Crippen MR) is 254 cm³/mol. The number of benzene rings is 8. The topological polar surface area (TPSA) is 56.2 Å². The highest BCUT2D eigenvalue weighted by molar-refractivity contribution is 6.09. The Balaban J connectivity index is 1.01. The smallest absolute Gasteiger partial charge is 0.160 e. The van der Waals surface area contributed by atoms with Crippen molar-refractivity contribution in [1.29, 1.82) is 0 Å². The molecule has 0 saturated heterocycles. The maximum atomic E-state index is 6.11. The van der Waals surface area contributed by atoms with E-state index < -0.39 is 0 Å². The fourth-order valence-corrected chi connectivity index (χ4v) is 8.81. The maximum absolute atomic E-state index is 6.11. The molecule has 5 nitrogen and oxygen atoms in total. The van der Waals surface area contributed by atoms with Crippen molar-refractivity contribution in [2.45, 2.75) is 0 Å². The van der Waals surface area contributed by atoms with E-state index in [9.17, 15) is 0 Å². The lowest BCUT2D eigenvalue weighted by atomic mass is 9.95. The Labute approximate surface area is 357 Å². The van der Waals surface area contributed by atoms with Crippen LogP contribution in [0.2, 0.25) is 0 Å². The van der Waals surface area contributed by atoms with Crippen molar-refractivity contribution < 1.29 is 4.42 Å². The molecule has 0 aliphatic heterocycles. The van der Waals surface area contributed by atoms with E-state index in [4.69, 9.17) is 19.5 Å². The van der Waals surface area contributed by atoms with Crippen LogP contribution in [0.5, 0.6) is 0 Å². The second-order valence-electron chi connectivity index (χ2n) is 15.6. The van der Waals surface area contributed by atoms with Crippen molar-refractivity contribution >= 4 is 38.2 Å². The van der Waals surface area contributed by atoms with Crippen LogP contribution >= 0.6 is 0 Å². The summed E-state index contributed by atoms with van der Waals surface area (Å²) in [5.74, 6) is 0.650. The fourth-order valence-electron chi connectivity index (χ4n) is 8.81. The first-order chi connectivity index (χ1) is 30.7. The number of hydrogen-bond acceptors (Lipinski definition) is 4. The van der Waals surface area contributed by atoms with E-state index in [-0.39, 0.29) is 0 Å². The third kappa shape index (κ3) is 6.14. The number of furan rings is 1. The molecule has 0 fully saturated rings. The van der Waals surface area contributed by atoms with E-state index >= 15 is 0 Å². The van der Waals surface area contributed by atoms with Crippen LogP contribution in [0.4, 0.5) is 0 Å². The molecule has 0 spiro atoms. The van der Waals surface area contributed by atoms with Gasteiger partial charge in [-0.15, -0.1) is 0 Å². The molecule has 12 rings (SSSR count). The summed E-state index contributed by atoms with van der Waals surface area (Å²) in [6.45, 7) is 0. The molecule has 62 heavy (non-hydrogen) atoms. The minimum absolute atomic E-state index is 0.650. The predicted octanol–water partition coefficient (Wildman–Crippen LogP) is 14.8. The number of pyridine rings is 1. The second kappa shape index (κ2) is 14.7. The fraction of sp³-hybridized carbons (Fsp3) is 0. The van der Waals surface area contributed by atoms with Crippen molar-refractivity contribution in [3.63, 3.8) is 0 Å². The van der Waals surface area contributed by atoms with Gasteiger partial charge in [-0.3, -0.25) is 0 Å². The van der Waals surface area contributed by atoms with Crippen LogP contribution < -0.4 is 0 Å². The number of fused-ring (bicyclic) bond motifs is 6. The summed E-state index contributed by atoms with van der Waals surface area (Å²) in [5.41, 5.74) is 15.9. The first-order valence-corrected chi connectivity index (χ1v) is 20.8. The molecular formula is C57H36N4O. The van der Waals surface area contributed by atoms with E-state index in [1.807, 2.05) is 24.3 Å². The van der Waals surface area contributed by atoms with E-state index in [1.165, 1.54) is 0 Å². The summed E-state index contributed by atoms with van der Waals surface area (Å²) in [4.78, 5) is 10.5. The Morgan fingerprint density at radius 2 is 0.919 bits per heavy atom. The summed E-state index contributed by atoms with van der Waals surface area (Å²) in [6.07, 6.45) is 0. The van der Waals surface area contributed by atoms with E-state index in [0.29, 0.717) is 5.82 Å². The molecule has 12 aromatic rings. The molecule has 0 amide bonds. The zero-order valence-corrected chi connectivity index (χ0v) is 33.5. The minimum Gasteiger partial charge on any atom is -0.456 e. The van der Waals surface area contributed by atoms with Crippen molar-refractivity contribution in [2.75, 3.05) is 0 Å². The normalized spacial score (nSPS) is 11.5. The molecule has 0 radical (unpaired) electrons. The number of aromatic nitrogens is 4. The van der Waals surface area contributed by atoms with Crippen molar-refractivity contribution in [2.24, 2.45) is 0 Å². The Hall–Kier alpha value is -8.41. The molecule has 290 valence electrons. The van der Waals surface area contributed by atoms with Gasteiger partial charge in [0.2, 0.25) is 0 Å². The molecule has 0 aliphatic rings. The third-order valence-electron chi connectivity index (χ3n) is 11.8. The van der Waals surface area contributed by atoms with Crippen molar-refractivity contribution in [3.8, 4) is 78.7 Å². The summed E-state index contributed by atoms with van der Waals surface area (Å²) >= 11 is 0. The summed E-state index contributed by atoms with van der Waals surface area (Å²) < 4.78 is 8.24. The monoisotopic (exact) mass is 792 g/mol. The highest BCUT2D eigenvalue weighted by Gasteiger charge is 2.22. The van der Waals surface area contributed by atoms with Gasteiger partial charge in [0.05, 0.1) is 22.6 Å². The number of nitrogens with zero attached hydrogens (tertiary/aromatic N) is 4. The molecule has 0 saturated carbocycles. The van der Waals surface area contributed by atoms with Crippen LogP contribution in [-0.2, 0) is 0 Å². The highest BCUT2D eigenvalue weighted by Crippen LogP contribution is 2.42. The zero-order chi connectivity index (χ0) is 41.0.